The van der Waals surface area contributed by atoms with Crippen LogP contribution in [0.25, 0.3) is 27.2 Å². The fraction of sp³-hybridized carbons (Fsp3) is 0.0968. The number of aromatic nitrogens is 1. The SMILES string of the molecule is CCOC(=O)c1c2c(C(=O)c3ccccc3)sc(SCc3cccc4ccccc34)c2n2ccccc12. The van der Waals surface area contributed by atoms with E-state index in [9.17, 15) is 9.59 Å². The average molecular weight is 522 g/mol. The Hall–Kier alpha value is -3.87. The number of thioether (sulfide) groups is 1. The zero-order chi connectivity index (χ0) is 25.4. The summed E-state index contributed by atoms with van der Waals surface area (Å²) < 4.78 is 8.48. The molecule has 0 amide bonds. The zero-order valence-electron chi connectivity index (χ0n) is 20.1. The number of fused-ring (bicyclic) bond motifs is 4. The van der Waals surface area contributed by atoms with Crippen LogP contribution in [0.3, 0.4) is 0 Å². The van der Waals surface area contributed by atoms with Crippen LogP contribution in [-0.4, -0.2) is 22.8 Å². The van der Waals surface area contributed by atoms with E-state index in [-0.39, 0.29) is 12.4 Å². The molecule has 182 valence electrons. The van der Waals surface area contributed by atoms with Crippen molar-refractivity contribution >= 4 is 62.0 Å². The minimum absolute atomic E-state index is 0.0888. The molecule has 0 saturated heterocycles. The van der Waals surface area contributed by atoms with Crippen LogP contribution in [0.15, 0.2) is 101 Å². The molecule has 0 bridgehead atoms. The molecular formula is C31H23NO3S2. The Kier molecular flexibility index (Phi) is 6.28. The summed E-state index contributed by atoms with van der Waals surface area (Å²) in [5.74, 6) is 0.242. The average Bonchev–Trinajstić information content (AvgIpc) is 3.48. The van der Waals surface area contributed by atoms with Crippen LogP contribution >= 0.6 is 23.1 Å². The predicted octanol–water partition coefficient (Wildman–Crippen LogP) is 8.01. The molecule has 0 radical (unpaired) electrons. The van der Waals surface area contributed by atoms with Gasteiger partial charge in [-0.3, -0.25) is 4.79 Å². The Morgan fingerprint density at radius 2 is 1.65 bits per heavy atom. The lowest BCUT2D eigenvalue weighted by atomic mass is 10.1. The van der Waals surface area contributed by atoms with Crippen LogP contribution in [0.5, 0.6) is 0 Å². The predicted molar refractivity (Wildman–Crippen MR) is 152 cm³/mol. The molecule has 0 unspecified atom stereocenters. The molecule has 37 heavy (non-hydrogen) atoms. The fourth-order valence-electron chi connectivity index (χ4n) is 4.77. The molecule has 0 atom stereocenters. The zero-order valence-corrected chi connectivity index (χ0v) is 21.8. The van der Waals surface area contributed by atoms with Gasteiger partial charge in [0.05, 0.1) is 32.3 Å². The molecule has 0 N–H and O–H groups in total. The lowest BCUT2D eigenvalue weighted by Crippen LogP contribution is -2.06. The van der Waals surface area contributed by atoms with Gasteiger partial charge in [-0.15, -0.1) is 23.1 Å². The smallest absolute Gasteiger partial charge is 0.341 e. The molecule has 0 aliphatic carbocycles. The van der Waals surface area contributed by atoms with Gasteiger partial charge in [-0.1, -0.05) is 78.9 Å². The number of hydrogen-bond donors (Lipinski definition) is 0. The normalized spacial score (nSPS) is 11.4. The van der Waals surface area contributed by atoms with E-state index in [0.29, 0.717) is 21.4 Å². The van der Waals surface area contributed by atoms with Crippen molar-refractivity contribution < 1.29 is 14.3 Å². The number of benzene rings is 3. The number of hydrogen-bond acceptors (Lipinski definition) is 5. The number of carbonyl (C=O) groups is 2. The summed E-state index contributed by atoms with van der Waals surface area (Å²) in [6.07, 6.45) is 1.95. The molecule has 3 heterocycles. The van der Waals surface area contributed by atoms with Crippen molar-refractivity contribution in [2.24, 2.45) is 0 Å². The van der Waals surface area contributed by atoms with Crippen molar-refractivity contribution in [2.75, 3.05) is 6.61 Å². The van der Waals surface area contributed by atoms with E-state index in [1.807, 2.05) is 65.2 Å². The summed E-state index contributed by atoms with van der Waals surface area (Å²) in [6.45, 7) is 2.06. The number of nitrogens with zero attached hydrogens (tertiary/aromatic N) is 1. The van der Waals surface area contributed by atoms with Crippen LogP contribution < -0.4 is 0 Å². The quantitative estimate of drug-likeness (QED) is 0.121. The highest BCUT2D eigenvalue weighted by Gasteiger charge is 2.29. The van der Waals surface area contributed by atoms with Gasteiger partial charge in [-0.05, 0) is 35.4 Å². The van der Waals surface area contributed by atoms with Gasteiger partial charge in [0.1, 0.15) is 0 Å². The Bertz CT molecular complexity index is 1780. The summed E-state index contributed by atoms with van der Waals surface area (Å²) in [5, 5.41) is 3.09. The molecule has 0 fully saturated rings. The second-order valence-corrected chi connectivity index (χ2v) is 10.9. The van der Waals surface area contributed by atoms with E-state index in [2.05, 4.69) is 36.4 Å². The third kappa shape index (κ3) is 4.12. The Morgan fingerprint density at radius 3 is 2.49 bits per heavy atom. The maximum atomic E-state index is 13.8. The van der Waals surface area contributed by atoms with Crippen LogP contribution in [0.4, 0.5) is 0 Å². The van der Waals surface area contributed by atoms with Crippen molar-refractivity contribution in [3.05, 3.63) is 119 Å². The van der Waals surface area contributed by atoms with Gasteiger partial charge >= 0.3 is 5.97 Å². The van der Waals surface area contributed by atoms with Crippen molar-refractivity contribution in [3.63, 3.8) is 0 Å². The molecule has 3 aromatic heterocycles. The summed E-state index contributed by atoms with van der Waals surface area (Å²) in [7, 11) is 0. The Balaban J connectivity index is 1.55. The largest absolute Gasteiger partial charge is 0.462 e. The topological polar surface area (TPSA) is 47.8 Å². The van der Waals surface area contributed by atoms with Gasteiger partial charge in [0.15, 0.2) is 0 Å². The second-order valence-electron chi connectivity index (χ2n) is 8.62. The first-order valence-corrected chi connectivity index (χ1v) is 13.9. The summed E-state index contributed by atoms with van der Waals surface area (Å²) in [5.41, 5.74) is 3.90. The Morgan fingerprint density at radius 1 is 0.892 bits per heavy atom. The van der Waals surface area contributed by atoms with Crippen molar-refractivity contribution in [3.8, 4) is 0 Å². The first-order valence-electron chi connectivity index (χ1n) is 12.1. The highest BCUT2D eigenvalue weighted by Crippen LogP contribution is 2.45. The minimum atomic E-state index is -0.410. The van der Waals surface area contributed by atoms with Crippen LogP contribution in [0.2, 0.25) is 0 Å². The van der Waals surface area contributed by atoms with E-state index in [4.69, 9.17) is 4.74 Å². The number of ketones is 1. The van der Waals surface area contributed by atoms with E-state index in [1.165, 1.54) is 27.7 Å². The second kappa shape index (κ2) is 9.88. The summed E-state index contributed by atoms with van der Waals surface area (Å²) >= 11 is 3.15. The van der Waals surface area contributed by atoms with Crippen molar-refractivity contribution in [2.45, 2.75) is 16.9 Å². The Labute approximate surface area is 222 Å². The molecule has 0 spiro atoms. The number of thiophene rings is 1. The van der Waals surface area contributed by atoms with Gasteiger partial charge in [0.2, 0.25) is 5.78 Å². The van der Waals surface area contributed by atoms with E-state index >= 15 is 0 Å². The molecule has 0 aliphatic rings. The number of rotatable bonds is 7. The number of carbonyl (C=O) groups excluding carboxylic acids is 2. The molecular weight excluding hydrogens is 498 g/mol. The van der Waals surface area contributed by atoms with E-state index < -0.39 is 5.97 Å². The van der Waals surface area contributed by atoms with Gasteiger partial charge in [0.25, 0.3) is 0 Å². The van der Waals surface area contributed by atoms with Crippen LogP contribution in [-0.2, 0) is 10.5 Å². The third-order valence-corrected chi connectivity index (χ3v) is 8.91. The van der Waals surface area contributed by atoms with Crippen LogP contribution in [0.1, 0.15) is 38.1 Å². The van der Waals surface area contributed by atoms with Gasteiger partial charge < -0.3 is 9.14 Å². The fourth-order valence-corrected chi connectivity index (χ4v) is 7.30. The summed E-state index contributed by atoms with van der Waals surface area (Å²) in [4.78, 5) is 27.6. The summed E-state index contributed by atoms with van der Waals surface area (Å²) in [6, 6.07) is 29.7. The molecule has 0 aliphatic heterocycles. The molecule has 4 nitrogen and oxygen atoms in total. The van der Waals surface area contributed by atoms with E-state index in [0.717, 1.165) is 21.0 Å². The maximum Gasteiger partial charge on any atom is 0.341 e. The first-order chi connectivity index (χ1) is 18.2. The third-order valence-electron chi connectivity index (χ3n) is 6.42. The van der Waals surface area contributed by atoms with Crippen molar-refractivity contribution in [1.82, 2.24) is 4.40 Å². The lowest BCUT2D eigenvalue weighted by Gasteiger charge is -2.06. The molecule has 6 aromatic rings. The molecule has 0 saturated carbocycles. The molecule has 3 aromatic carbocycles. The van der Waals surface area contributed by atoms with Gasteiger partial charge in [0, 0.05) is 22.9 Å². The highest BCUT2D eigenvalue weighted by atomic mass is 32.2. The molecule has 6 heteroatoms. The standard InChI is InChI=1S/C31H23NO3S2/c1-2-35-30(34)25-24-17-8-9-18-32(24)27-26(25)29(28(33)21-12-4-3-5-13-21)37-31(27)36-19-22-15-10-14-20-11-6-7-16-23(20)22/h3-18H,2,19H2,1H3. The van der Waals surface area contributed by atoms with Crippen LogP contribution in [0, 0.1) is 0 Å². The van der Waals surface area contributed by atoms with E-state index in [1.54, 1.807) is 18.7 Å². The number of esters is 1. The monoisotopic (exact) mass is 521 g/mol. The highest BCUT2D eigenvalue weighted by molar-refractivity contribution is 8.00. The maximum absolute atomic E-state index is 13.8. The van der Waals surface area contributed by atoms with Crippen molar-refractivity contribution in [1.29, 1.82) is 0 Å². The van der Waals surface area contributed by atoms with Gasteiger partial charge in [-0.2, -0.15) is 0 Å². The lowest BCUT2D eigenvalue weighted by molar-refractivity contribution is 0.0531. The minimum Gasteiger partial charge on any atom is -0.462 e. The van der Waals surface area contributed by atoms with Gasteiger partial charge in [-0.25, -0.2) is 4.79 Å². The number of ether oxygens (including phenoxy) is 1. The first kappa shape index (κ1) is 23.5. The molecule has 6 rings (SSSR count). The number of pyridine rings is 1.